The second kappa shape index (κ2) is 21.7. The van der Waals surface area contributed by atoms with E-state index in [9.17, 15) is 30.6 Å². The van der Waals surface area contributed by atoms with E-state index < -0.39 is 10.8 Å². The van der Waals surface area contributed by atoms with Crippen molar-refractivity contribution >= 4 is 154 Å². The molecule has 18 rings (SSSR count). The molecule has 0 atom stereocenters. The lowest BCUT2D eigenvalue weighted by Crippen LogP contribution is -2.29. The predicted molar refractivity (Wildman–Crippen MR) is 400 cm³/mol. The molecule has 0 aliphatic heterocycles. The van der Waals surface area contributed by atoms with Gasteiger partial charge in [0.2, 0.25) is 0 Å². The van der Waals surface area contributed by atoms with Crippen molar-refractivity contribution in [3.05, 3.63) is 303 Å². The first kappa shape index (κ1) is 58.5. The van der Waals surface area contributed by atoms with Crippen molar-refractivity contribution in [3.8, 4) is 63.3 Å². The molecule has 0 radical (unpaired) electrons. The SMILES string of the molecule is Cc1ccc(C2(c3ccc(C)cc3)c3c(sc4cc(-c5ccc(/C=C6\C(=O)c7ccccc7C6=C(C#N)C#N)s5)sc34)-c3sc4c5c(sc4c32)-c2sc3cc(-c4ccc(/C=C6\C(=O)c7ccccc7C6=C(C#N)C#N)s4)sc3c2C5(c2ccc(C)cc2)c2ccc(C)cc2)cc1. The van der Waals surface area contributed by atoms with E-state index in [0.717, 1.165) is 29.3 Å². The van der Waals surface area contributed by atoms with Crippen molar-refractivity contribution in [2.75, 3.05) is 0 Å². The lowest BCUT2D eigenvalue weighted by Gasteiger charge is -2.34. The Hall–Kier alpha value is -10.0. The molecule has 4 aliphatic carbocycles. The lowest BCUT2D eigenvalue weighted by molar-refractivity contribution is 0.103. The van der Waals surface area contributed by atoms with Gasteiger partial charge in [-0.2, -0.15) is 21.0 Å². The number of ketones is 2. The molecule has 14 heteroatoms. The van der Waals surface area contributed by atoms with Gasteiger partial charge in [-0.25, -0.2) is 0 Å². The first-order valence-electron chi connectivity index (χ1n) is 30.9. The number of hydrogen-bond donors (Lipinski definition) is 0. The zero-order chi connectivity index (χ0) is 65.2. The lowest BCUT2D eigenvalue weighted by atomic mass is 9.67. The molecule has 0 N–H and O–H groups in total. The van der Waals surface area contributed by atoms with E-state index in [1.807, 2.05) is 129 Å². The van der Waals surface area contributed by atoms with Crippen LogP contribution < -0.4 is 0 Å². The third-order valence-electron chi connectivity index (χ3n) is 19.3. The van der Waals surface area contributed by atoms with Gasteiger partial charge < -0.3 is 0 Å². The molecule has 8 aromatic heterocycles. The largest absolute Gasteiger partial charge is 0.289 e. The highest BCUT2D eigenvalue weighted by molar-refractivity contribution is 7.38. The monoisotopic (exact) mass is 1370 g/mol. The van der Waals surface area contributed by atoms with Crippen LogP contribution in [0.4, 0.5) is 0 Å². The Balaban J connectivity index is 0.836. The number of thiophene rings is 8. The third kappa shape index (κ3) is 8.17. The van der Waals surface area contributed by atoms with Crippen LogP contribution in [0.3, 0.4) is 0 Å². The van der Waals surface area contributed by atoms with Crippen molar-refractivity contribution in [2.24, 2.45) is 0 Å². The summed E-state index contributed by atoms with van der Waals surface area (Å²) in [5, 5.41) is 40.3. The zero-order valence-electron chi connectivity index (χ0n) is 51.3. The highest BCUT2D eigenvalue weighted by atomic mass is 32.1. The molecule has 0 saturated carbocycles. The van der Waals surface area contributed by atoms with Gasteiger partial charge in [0, 0.05) is 94.3 Å². The molecule has 0 saturated heterocycles. The van der Waals surface area contributed by atoms with Crippen LogP contribution >= 0.6 is 90.7 Å². The topological polar surface area (TPSA) is 129 Å². The van der Waals surface area contributed by atoms with Gasteiger partial charge in [-0.15, -0.1) is 90.7 Å². The van der Waals surface area contributed by atoms with Crippen molar-refractivity contribution in [2.45, 2.75) is 38.5 Å². The van der Waals surface area contributed by atoms with Gasteiger partial charge in [0.1, 0.15) is 35.4 Å². The Morgan fingerprint density at radius 2 is 0.656 bits per heavy atom. The summed E-state index contributed by atoms with van der Waals surface area (Å²) < 4.78 is 7.57. The van der Waals surface area contributed by atoms with Crippen LogP contribution in [0, 0.1) is 73.0 Å². The Labute approximate surface area is 584 Å². The fraction of sp³-hybridized carbons (Fsp3) is 0.0732. The Morgan fingerprint density at radius 3 is 0.990 bits per heavy atom. The van der Waals surface area contributed by atoms with Gasteiger partial charge in [-0.1, -0.05) is 168 Å². The number of carbonyl (C=O) groups is 2. The molecule has 6 nitrogen and oxygen atoms in total. The molecule has 0 spiro atoms. The van der Waals surface area contributed by atoms with Crippen LogP contribution in [-0.2, 0) is 10.8 Å². The van der Waals surface area contributed by atoms with E-state index in [2.05, 4.69) is 173 Å². The molecule has 96 heavy (non-hydrogen) atoms. The average molecular weight is 1370 g/mol. The molecule has 8 heterocycles. The van der Waals surface area contributed by atoms with E-state index in [-0.39, 0.29) is 22.7 Å². The standard InChI is InChI=1S/C82H44N4O2S8/c1-41-13-21-47(22-14-41)81(48-23-15-42(2)16-24-48)67-73-63(35-61(91-73)59-31-29-51(89-59)33-57-65(45(37-83)38-84)53-9-5-7-11-55(53)71(57)87)93-75(67)77-69(81)79-80(95-77)70-78(96-79)76-68(82(70,49-25-17-43(3)18-26-49)50-27-19-44(4)20-28-50)74-64(94-76)36-62(92-74)60-32-30-52(90-60)34-58-66(46(39-85)40-86)54-10-6-8-12-56(54)72(58)88/h5-36H,1-4H3/b57-33-,58-34-. The first-order chi connectivity index (χ1) is 46.8. The van der Waals surface area contributed by atoms with Crippen LogP contribution in [0.25, 0.3) is 90.5 Å². The number of benzene rings is 6. The van der Waals surface area contributed by atoms with Gasteiger partial charge in [-0.05, 0) is 110 Å². The van der Waals surface area contributed by atoms with Crippen LogP contribution in [0.5, 0.6) is 0 Å². The Morgan fingerprint density at radius 1 is 0.344 bits per heavy atom. The molecular formula is C82H44N4O2S8. The summed E-state index contributed by atoms with van der Waals surface area (Å²) in [6.07, 6.45) is 3.70. The number of carbonyl (C=O) groups excluding carboxylic acids is 2. The second-order valence-electron chi connectivity index (χ2n) is 24.7. The minimum Gasteiger partial charge on any atom is -0.289 e. The smallest absolute Gasteiger partial charge is 0.194 e. The quantitative estimate of drug-likeness (QED) is 0.110. The fourth-order valence-electron chi connectivity index (χ4n) is 15.0. The van der Waals surface area contributed by atoms with Gasteiger partial charge in [0.25, 0.3) is 0 Å². The fourth-order valence-corrected chi connectivity index (χ4v) is 26.0. The maximum atomic E-state index is 14.0. The normalized spacial score (nSPS) is 15.2. The molecular weight excluding hydrogens is 1330 g/mol. The summed E-state index contributed by atoms with van der Waals surface area (Å²) in [7, 11) is 0. The van der Waals surface area contributed by atoms with Crippen LogP contribution in [0.15, 0.2) is 204 Å². The minimum atomic E-state index is -0.714. The van der Waals surface area contributed by atoms with Gasteiger partial charge in [0.15, 0.2) is 11.6 Å². The Kier molecular flexibility index (Phi) is 13.3. The van der Waals surface area contributed by atoms with E-state index in [4.69, 9.17) is 0 Å². The highest BCUT2D eigenvalue weighted by Gasteiger charge is 2.56. The van der Waals surface area contributed by atoms with Gasteiger partial charge >= 0.3 is 0 Å². The van der Waals surface area contributed by atoms with Crippen molar-refractivity contribution in [1.29, 1.82) is 21.0 Å². The predicted octanol–water partition coefficient (Wildman–Crippen LogP) is 23.1. The molecule has 0 amide bonds. The number of nitrogens with zero attached hydrogens (tertiary/aromatic N) is 4. The van der Waals surface area contributed by atoms with Gasteiger partial charge in [-0.3, -0.25) is 9.59 Å². The molecule has 0 bridgehead atoms. The minimum absolute atomic E-state index is 0.0766. The number of Topliss-reactive ketones (excluding diaryl/α,β-unsaturated/α-hetero) is 2. The van der Waals surface area contributed by atoms with Crippen molar-refractivity contribution < 1.29 is 9.59 Å². The summed E-state index contributed by atoms with van der Waals surface area (Å²) in [6, 6.07) is 72.9. The van der Waals surface area contributed by atoms with E-state index >= 15 is 0 Å². The molecule has 0 unspecified atom stereocenters. The molecule has 4 aliphatic rings. The molecule has 6 aromatic carbocycles. The maximum Gasteiger partial charge on any atom is 0.194 e. The maximum absolute atomic E-state index is 14.0. The Bertz CT molecular complexity index is 5640. The molecule has 452 valence electrons. The van der Waals surface area contributed by atoms with Crippen LogP contribution in [0.1, 0.15) is 108 Å². The highest BCUT2D eigenvalue weighted by Crippen LogP contribution is 2.72. The summed E-state index contributed by atoms with van der Waals surface area (Å²) in [4.78, 5) is 39.4. The number of allylic oxidation sites excluding steroid dienone is 6. The van der Waals surface area contributed by atoms with Crippen molar-refractivity contribution in [3.63, 3.8) is 0 Å². The average Bonchev–Trinajstić information content (AvgIpc) is 1.48. The second-order valence-corrected chi connectivity index (χ2v) is 33.2. The number of fused-ring (bicyclic) bond motifs is 15. The van der Waals surface area contributed by atoms with Crippen LogP contribution in [0.2, 0.25) is 0 Å². The van der Waals surface area contributed by atoms with E-state index in [0.29, 0.717) is 44.5 Å². The molecule has 0 fully saturated rings. The first-order valence-corrected chi connectivity index (χ1v) is 37.4. The van der Waals surface area contributed by atoms with E-state index in [1.165, 1.54) is 114 Å². The summed E-state index contributed by atoms with van der Waals surface area (Å²) in [6.45, 7) is 8.67. The number of nitriles is 4. The summed E-state index contributed by atoms with van der Waals surface area (Å²) in [5.74, 6) is -0.382. The number of aryl methyl sites for hydroxylation is 4. The van der Waals surface area contributed by atoms with Crippen LogP contribution in [-0.4, -0.2) is 11.6 Å². The summed E-state index contributed by atoms with van der Waals surface area (Å²) in [5.41, 5.74) is 17.1. The number of hydrogen-bond acceptors (Lipinski definition) is 14. The molecule has 14 aromatic rings. The zero-order valence-corrected chi connectivity index (χ0v) is 57.9. The third-order valence-corrected chi connectivity index (χ3v) is 29.4. The van der Waals surface area contributed by atoms with Gasteiger partial charge in [0.05, 0.1) is 49.1 Å². The van der Waals surface area contributed by atoms with Crippen molar-refractivity contribution in [1.82, 2.24) is 0 Å². The van der Waals surface area contributed by atoms with E-state index in [1.54, 1.807) is 34.8 Å². The summed E-state index contributed by atoms with van der Waals surface area (Å²) >= 11 is 14.6. The number of rotatable bonds is 8.